The average molecular weight is 490 g/mol. The van der Waals surface area contributed by atoms with Gasteiger partial charge >= 0.3 is 6.09 Å². The highest BCUT2D eigenvalue weighted by atomic mass is 16.6. The number of ether oxygens (including phenoxy) is 2. The third-order valence-corrected chi connectivity index (χ3v) is 6.43. The summed E-state index contributed by atoms with van der Waals surface area (Å²) in [6, 6.07) is 17.0. The molecule has 0 bridgehead atoms. The van der Waals surface area contributed by atoms with Gasteiger partial charge in [0.2, 0.25) is 0 Å². The van der Waals surface area contributed by atoms with Crippen LogP contribution in [0.15, 0.2) is 54.6 Å². The van der Waals surface area contributed by atoms with Gasteiger partial charge in [0.05, 0.1) is 0 Å². The van der Waals surface area contributed by atoms with Crippen LogP contribution in [-0.4, -0.2) is 51.8 Å². The highest BCUT2D eigenvalue weighted by Gasteiger charge is 2.42. The number of likely N-dealkylation sites (tertiary alicyclic amines) is 1. The van der Waals surface area contributed by atoms with E-state index in [1.54, 1.807) is 9.58 Å². The van der Waals surface area contributed by atoms with E-state index in [-0.39, 0.29) is 17.9 Å². The second-order valence-electron chi connectivity index (χ2n) is 10.3. The van der Waals surface area contributed by atoms with E-state index >= 15 is 0 Å². The van der Waals surface area contributed by atoms with E-state index in [1.807, 2.05) is 75.4 Å². The Labute approximate surface area is 210 Å². The van der Waals surface area contributed by atoms with Crippen molar-refractivity contribution in [3.05, 3.63) is 66.1 Å². The van der Waals surface area contributed by atoms with Gasteiger partial charge in [0.1, 0.15) is 28.6 Å². The van der Waals surface area contributed by atoms with Crippen molar-refractivity contribution in [1.82, 2.24) is 14.6 Å². The summed E-state index contributed by atoms with van der Waals surface area (Å²) in [4.78, 5) is 31.5. The zero-order valence-electron chi connectivity index (χ0n) is 20.7. The van der Waals surface area contributed by atoms with E-state index in [4.69, 9.17) is 20.2 Å². The van der Waals surface area contributed by atoms with Crippen molar-refractivity contribution < 1.29 is 19.1 Å². The number of primary amides is 1. The molecule has 36 heavy (non-hydrogen) atoms. The fourth-order valence-electron chi connectivity index (χ4n) is 4.73. The lowest BCUT2D eigenvalue weighted by molar-refractivity contribution is -0.00638. The minimum atomic E-state index is -0.550. The number of para-hydroxylation sites is 1. The van der Waals surface area contributed by atoms with Crippen molar-refractivity contribution >= 4 is 12.0 Å². The number of carbonyl (C=O) groups is 2. The standard InChI is InChI=1S/C27H31N5O4/c1-27(2,3)36-26(34)31-15-18(16-31)21-13-14-29-32-23(24(28)33)22(30-25(21)32)17-9-11-20(12-10-17)35-19-7-5-4-6-8-19/h4-12,18,21,29H,13-16H2,1-3H3,(H2,28,33). The molecule has 0 saturated carbocycles. The number of nitrogens with two attached hydrogens (primary N) is 1. The molecule has 3 heterocycles. The zero-order chi connectivity index (χ0) is 25.4. The summed E-state index contributed by atoms with van der Waals surface area (Å²) in [6.07, 6.45) is 0.554. The van der Waals surface area contributed by atoms with Gasteiger partial charge in [-0.25, -0.2) is 14.5 Å². The van der Waals surface area contributed by atoms with E-state index < -0.39 is 11.5 Å². The van der Waals surface area contributed by atoms with Gasteiger partial charge < -0.3 is 25.5 Å². The van der Waals surface area contributed by atoms with Crippen LogP contribution in [0, 0.1) is 5.92 Å². The fourth-order valence-corrected chi connectivity index (χ4v) is 4.73. The van der Waals surface area contributed by atoms with Crippen molar-refractivity contribution in [3.63, 3.8) is 0 Å². The molecule has 0 aliphatic carbocycles. The van der Waals surface area contributed by atoms with Crippen LogP contribution in [0.2, 0.25) is 0 Å². The Morgan fingerprint density at radius 3 is 2.33 bits per heavy atom. The van der Waals surface area contributed by atoms with E-state index in [0.29, 0.717) is 36.8 Å². The smallest absolute Gasteiger partial charge is 0.410 e. The number of rotatable bonds is 5. The summed E-state index contributed by atoms with van der Waals surface area (Å²) in [5.41, 5.74) is 10.2. The Hall–Kier alpha value is -4.01. The molecule has 1 saturated heterocycles. The van der Waals surface area contributed by atoms with Crippen LogP contribution >= 0.6 is 0 Å². The fraction of sp³-hybridized carbons (Fsp3) is 0.370. The number of hydrogen-bond donors (Lipinski definition) is 2. The average Bonchev–Trinajstić information content (AvgIpc) is 3.19. The van der Waals surface area contributed by atoms with Crippen LogP contribution in [0.4, 0.5) is 4.79 Å². The largest absolute Gasteiger partial charge is 0.457 e. The number of carbonyl (C=O) groups excluding carboxylic acids is 2. The van der Waals surface area contributed by atoms with Crippen LogP contribution < -0.4 is 15.9 Å². The van der Waals surface area contributed by atoms with Gasteiger partial charge in [0.15, 0.2) is 5.69 Å². The first kappa shape index (κ1) is 23.7. The van der Waals surface area contributed by atoms with Crippen LogP contribution in [0.1, 0.15) is 49.4 Å². The summed E-state index contributed by atoms with van der Waals surface area (Å²) in [6.45, 7) is 7.45. The van der Waals surface area contributed by atoms with Crippen molar-refractivity contribution in [3.8, 4) is 22.8 Å². The Morgan fingerprint density at radius 2 is 1.69 bits per heavy atom. The lowest BCUT2D eigenvalue weighted by atomic mass is 9.82. The molecule has 2 aliphatic rings. The number of hydrogen-bond acceptors (Lipinski definition) is 6. The number of benzene rings is 2. The highest BCUT2D eigenvalue weighted by Crippen LogP contribution is 2.39. The molecule has 2 amide bonds. The predicted octanol–water partition coefficient (Wildman–Crippen LogP) is 4.34. The summed E-state index contributed by atoms with van der Waals surface area (Å²) < 4.78 is 13.1. The van der Waals surface area contributed by atoms with E-state index in [9.17, 15) is 9.59 Å². The molecule has 2 aromatic carbocycles. The Morgan fingerprint density at radius 1 is 1.03 bits per heavy atom. The van der Waals surface area contributed by atoms with Gasteiger partial charge in [-0.05, 0) is 63.6 Å². The lowest BCUT2D eigenvalue weighted by Gasteiger charge is -2.44. The summed E-state index contributed by atoms with van der Waals surface area (Å²) in [5, 5.41) is 0. The van der Waals surface area contributed by atoms with Gasteiger partial charge in [0, 0.05) is 37.0 Å². The molecule has 9 nitrogen and oxygen atoms in total. The first-order valence-corrected chi connectivity index (χ1v) is 12.2. The first-order chi connectivity index (χ1) is 17.2. The number of nitrogens with zero attached hydrogens (tertiary/aromatic N) is 3. The Balaban J connectivity index is 1.37. The molecule has 1 fully saturated rings. The van der Waals surface area contributed by atoms with Gasteiger partial charge in [-0.3, -0.25) is 4.79 Å². The lowest BCUT2D eigenvalue weighted by Crippen LogP contribution is -2.54. The molecule has 2 aliphatic heterocycles. The van der Waals surface area contributed by atoms with Gasteiger partial charge in [0.25, 0.3) is 5.91 Å². The summed E-state index contributed by atoms with van der Waals surface area (Å²) >= 11 is 0. The molecular weight excluding hydrogens is 458 g/mol. The first-order valence-electron chi connectivity index (χ1n) is 12.2. The number of imidazole rings is 1. The van der Waals surface area contributed by atoms with Crippen LogP contribution in [0.25, 0.3) is 11.3 Å². The second kappa shape index (κ2) is 9.22. The number of aromatic nitrogens is 2. The van der Waals surface area contributed by atoms with Crippen LogP contribution in [0.3, 0.4) is 0 Å². The molecule has 3 N–H and O–H groups in total. The number of amides is 2. The molecule has 1 aromatic heterocycles. The van der Waals surface area contributed by atoms with Gasteiger partial charge in [-0.2, -0.15) is 0 Å². The predicted molar refractivity (Wildman–Crippen MR) is 136 cm³/mol. The van der Waals surface area contributed by atoms with E-state index in [2.05, 4.69) is 5.43 Å². The SMILES string of the molecule is CC(C)(C)OC(=O)N1CC(C2CCNn3c2nc(-c2ccc(Oc4ccccc4)cc2)c3C(N)=O)C1. The molecule has 0 radical (unpaired) electrons. The Bertz CT molecular complexity index is 1260. The van der Waals surface area contributed by atoms with Gasteiger partial charge in [-0.1, -0.05) is 18.2 Å². The molecule has 5 rings (SSSR count). The molecule has 1 unspecified atom stereocenters. The van der Waals surface area contributed by atoms with E-state index in [1.165, 1.54) is 0 Å². The molecule has 1 atom stereocenters. The third-order valence-electron chi connectivity index (χ3n) is 6.43. The van der Waals surface area contributed by atoms with E-state index in [0.717, 1.165) is 23.6 Å². The minimum absolute atomic E-state index is 0.0949. The quantitative estimate of drug-likeness (QED) is 0.552. The van der Waals surface area contributed by atoms with Crippen LogP contribution in [-0.2, 0) is 4.74 Å². The maximum Gasteiger partial charge on any atom is 0.410 e. The summed E-state index contributed by atoms with van der Waals surface area (Å²) in [7, 11) is 0. The monoisotopic (exact) mass is 489 g/mol. The van der Waals surface area contributed by atoms with Gasteiger partial charge in [-0.15, -0.1) is 0 Å². The highest BCUT2D eigenvalue weighted by molar-refractivity contribution is 5.97. The zero-order valence-corrected chi connectivity index (χ0v) is 20.7. The topological polar surface area (TPSA) is 112 Å². The number of nitrogens with one attached hydrogen (secondary N) is 1. The molecule has 188 valence electrons. The summed E-state index contributed by atoms with van der Waals surface area (Å²) in [5.74, 6) is 1.97. The number of fused-ring (bicyclic) bond motifs is 1. The van der Waals surface area contributed by atoms with Crippen molar-refractivity contribution in [1.29, 1.82) is 0 Å². The molecule has 0 spiro atoms. The molecule has 3 aromatic rings. The second-order valence-corrected chi connectivity index (χ2v) is 10.3. The maximum atomic E-state index is 12.5. The maximum absolute atomic E-state index is 12.5. The third kappa shape index (κ3) is 4.73. The minimum Gasteiger partial charge on any atom is -0.457 e. The van der Waals surface area contributed by atoms with Crippen molar-refractivity contribution in [2.24, 2.45) is 11.7 Å². The Kier molecular flexibility index (Phi) is 6.07. The van der Waals surface area contributed by atoms with Crippen LogP contribution in [0.5, 0.6) is 11.5 Å². The van der Waals surface area contributed by atoms with Crippen molar-refractivity contribution in [2.75, 3.05) is 25.1 Å². The normalized spacial score (nSPS) is 17.5. The molecule has 9 heteroatoms. The molecular formula is C27H31N5O4. The van der Waals surface area contributed by atoms with Crippen molar-refractivity contribution in [2.45, 2.75) is 38.7 Å².